The summed E-state index contributed by atoms with van der Waals surface area (Å²) in [5.41, 5.74) is 6.40. The lowest BCUT2D eigenvalue weighted by Gasteiger charge is -2.41. The van der Waals surface area contributed by atoms with Crippen molar-refractivity contribution in [2.24, 2.45) is 11.1 Å². The van der Waals surface area contributed by atoms with Crippen LogP contribution in [0.15, 0.2) is 11.4 Å². The standard InChI is InChI=1S/C13H20N2OS/c1-2-13(4-3-5-13)9-15-7-11-6-10(8-17-11)12(14)16/h6,8,15H,2-5,7,9H2,1H3,(H2,14,16). The molecule has 1 aliphatic rings. The molecule has 1 saturated carbocycles. The van der Waals surface area contributed by atoms with Crippen LogP contribution in [0, 0.1) is 5.41 Å². The van der Waals surface area contributed by atoms with Gasteiger partial charge in [0.1, 0.15) is 0 Å². The highest BCUT2D eigenvalue weighted by molar-refractivity contribution is 7.10. The smallest absolute Gasteiger partial charge is 0.249 e. The maximum absolute atomic E-state index is 11.0. The molecule has 0 unspecified atom stereocenters. The van der Waals surface area contributed by atoms with Gasteiger partial charge in [0, 0.05) is 23.3 Å². The van der Waals surface area contributed by atoms with E-state index in [4.69, 9.17) is 5.73 Å². The quantitative estimate of drug-likeness (QED) is 0.817. The molecule has 0 saturated heterocycles. The lowest BCUT2D eigenvalue weighted by Crippen LogP contribution is -2.39. The second-order valence-electron chi connectivity index (χ2n) is 4.98. The topological polar surface area (TPSA) is 55.1 Å². The average Bonchev–Trinajstić information content (AvgIpc) is 2.71. The Morgan fingerprint density at radius 3 is 2.82 bits per heavy atom. The van der Waals surface area contributed by atoms with Gasteiger partial charge in [-0.25, -0.2) is 0 Å². The van der Waals surface area contributed by atoms with Crippen molar-refractivity contribution in [3.63, 3.8) is 0 Å². The van der Waals surface area contributed by atoms with Crippen molar-refractivity contribution in [2.45, 2.75) is 39.2 Å². The number of nitrogens with two attached hydrogens (primary N) is 1. The van der Waals surface area contributed by atoms with Crippen molar-refractivity contribution in [1.29, 1.82) is 0 Å². The van der Waals surface area contributed by atoms with E-state index in [1.165, 1.54) is 30.6 Å². The molecule has 1 amide bonds. The minimum Gasteiger partial charge on any atom is -0.366 e. The van der Waals surface area contributed by atoms with Gasteiger partial charge in [-0.15, -0.1) is 11.3 Å². The van der Waals surface area contributed by atoms with E-state index in [0.29, 0.717) is 11.0 Å². The molecule has 0 atom stereocenters. The van der Waals surface area contributed by atoms with Crippen LogP contribution in [0.4, 0.5) is 0 Å². The number of amides is 1. The normalized spacial score (nSPS) is 17.7. The first-order chi connectivity index (χ1) is 8.15. The summed E-state index contributed by atoms with van der Waals surface area (Å²) in [6.07, 6.45) is 5.35. The Morgan fingerprint density at radius 2 is 2.35 bits per heavy atom. The van der Waals surface area contributed by atoms with E-state index >= 15 is 0 Å². The van der Waals surface area contributed by atoms with E-state index in [9.17, 15) is 4.79 Å². The maximum atomic E-state index is 11.0. The third kappa shape index (κ3) is 2.87. The fourth-order valence-electron chi connectivity index (χ4n) is 2.39. The molecule has 0 bridgehead atoms. The van der Waals surface area contributed by atoms with Crippen LogP contribution in [0.5, 0.6) is 0 Å². The van der Waals surface area contributed by atoms with Crippen molar-refractivity contribution in [2.75, 3.05) is 6.54 Å². The monoisotopic (exact) mass is 252 g/mol. The van der Waals surface area contributed by atoms with Crippen molar-refractivity contribution >= 4 is 17.2 Å². The summed E-state index contributed by atoms with van der Waals surface area (Å²) < 4.78 is 0. The van der Waals surface area contributed by atoms with Crippen molar-refractivity contribution in [1.82, 2.24) is 5.32 Å². The molecule has 0 spiro atoms. The number of thiophene rings is 1. The van der Waals surface area contributed by atoms with Gasteiger partial charge < -0.3 is 11.1 Å². The molecule has 1 aromatic rings. The van der Waals surface area contributed by atoms with E-state index in [2.05, 4.69) is 12.2 Å². The van der Waals surface area contributed by atoms with E-state index in [0.717, 1.165) is 13.1 Å². The summed E-state index contributed by atoms with van der Waals surface area (Å²) >= 11 is 1.60. The number of carbonyl (C=O) groups is 1. The molecule has 1 aromatic heterocycles. The van der Waals surface area contributed by atoms with Crippen LogP contribution in [-0.2, 0) is 6.54 Å². The first-order valence-electron chi connectivity index (χ1n) is 6.23. The molecule has 94 valence electrons. The van der Waals surface area contributed by atoms with Gasteiger partial charge in [-0.2, -0.15) is 0 Å². The summed E-state index contributed by atoms with van der Waals surface area (Å²) in [5.74, 6) is -0.337. The highest BCUT2D eigenvalue weighted by Gasteiger charge is 2.34. The summed E-state index contributed by atoms with van der Waals surface area (Å²) in [4.78, 5) is 12.1. The zero-order chi connectivity index (χ0) is 12.3. The summed E-state index contributed by atoms with van der Waals surface area (Å²) in [6.45, 7) is 4.21. The van der Waals surface area contributed by atoms with Gasteiger partial charge in [-0.05, 0) is 30.7 Å². The Morgan fingerprint density at radius 1 is 1.59 bits per heavy atom. The van der Waals surface area contributed by atoms with Crippen LogP contribution in [0.1, 0.15) is 47.8 Å². The number of nitrogens with one attached hydrogen (secondary N) is 1. The molecule has 4 heteroatoms. The molecule has 1 heterocycles. The predicted octanol–water partition coefficient (Wildman–Crippen LogP) is 2.52. The van der Waals surface area contributed by atoms with Gasteiger partial charge in [0.2, 0.25) is 5.91 Å². The van der Waals surface area contributed by atoms with E-state index in [-0.39, 0.29) is 5.91 Å². The SMILES string of the molecule is CCC1(CNCc2cc(C(N)=O)cs2)CCC1. The van der Waals surface area contributed by atoms with Gasteiger partial charge in [-0.3, -0.25) is 4.79 Å². The predicted molar refractivity (Wildman–Crippen MR) is 71.1 cm³/mol. The van der Waals surface area contributed by atoms with Gasteiger partial charge in [0.05, 0.1) is 5.56 Å². The molecule has 0 aromatic carbocycles. The first kappa shape index (κ1) is 12.6. The largest absolute Gasteiger partial charge is 0.366 e. The zero-order valence-corrected chi connectivity index (χ0v) is 11.1. The molecular formula is C13H20N2OS. The third-order valence-corrected chi connectivity index (χ3v) is 4.84. The number of carbonyl (C=O) groups excluding carboxylic acids is 1. The maximum Gasteiger partial charge on any atom is 0.249 e. The zero-order valence-electron chi connectivity index (χ0n) is 10.3. The molecular weight excluding hydrogens is 232 g/mol. The number of rotatable bonds is 6. The molecule has 2 rings (SSSR count). The number of primary amides is 1. The van der Waals surface area contributed by atoms with Gasteiger partial charge in [0.15, 0.2) is 0 Å². The molecule has 3 nitrogen and oxygen atoms in total. The molecule has 3 N–H and O–H groups in total. The van der Waals surface area contributed by atoms with Crippen LogP contribution >= 0.6 is 11.3 Å². The fraction of sp³-hybridized carbons (Fsp3) is 0.615. The second kappa shape index (κ2) is 5.19. The Kier molecular flexibility index (Phi) is 3.84. The Labute approximate surface area is 106 Å². The number of hydrogen-bond donors (Lipinski definition) is 2. The summed E-state index contributed by atoms with van der Waals surface area (Å²) in [7, 11) is 0. The van der Waals surface area contributed by atoms with Crippen molar-refractivity contribution in [3.05, 3.63) is 21.9 Å². The van der Waals surface area contributed by atoms with Gasteiger partial charge in [0.25, 0.3) is 0 Å². The fourth-order valence-corrected chi connectivity index (χ4v) is 3.23. The lowest BCUT2D eigenvalue weighted by atomic mass is 9.67. The van der Waals surface area contributed by atoms with Crippen LogP contribution in [-0.4, -0.2) is 12.5 Å². The second-order valence-corrected chi connectivity index (χ2v) is 5.97. The molecule has 17 heavy (non-hydrogen) atoms. The minimum atomic E-state index is -0.337. The summed E-state index contributed by atoms with van der Waals surface area (Å²) in [5, 5.41) is 5.34. The van der Waals surface area contributed by atoms with E-state index in [1.54, 1.807) is 11.3 Å². The van der Waals surface area contributed by atoms with Crippen LogP contribution in [0.25, 0.3) is 0 Å². The molecule has 0 radical (unpaired) electrons. The van der Waals surface area contributed by atoms with Crippen LogP contribution in [0.3, 0.4) is 0 Å². The van der Waals surface area contributed by atoms with Crippen LogP contribution < -0.4 is 11.1 Å². The molecule has 0 aliphatic heterocycles. The third-order valence-electron chi connectivity index (χ3n) is 3.90. The van der Waals surface area contributed by atoms with Gasteiger partial charge >= 0.3 is 0 Å². The molecule has 1 aliphatic carbocycles. The lowest BCUT2D eigenvalue weighted by molar-refractivity contribution is 0.100. The van der Waals surface area contributed by atoms with Crippen molar-refractivity contribution < 1.29 is 4.79 Å². The van der Waals surface area contributed by atoms with E-state index in [1.807, 2.05) is 11.4 Å². The highest BCUT2D eigenvalue weighted by atomic mass is 32.1. The Hall–Kier alpha value is -0.870. The average molecular weight is 252 g/mol. The number of hydrogen-bond acceptors (Lipinski definition) is 3. The first-order valence-corrected chi connectivity index (χ1v) is 7.11. The summed E-state index contributed by atoms with van der Waals surface area (Å²) in [6, 6.07) is 1.89. The minimum absolute atomic E-state index is 0.337. The van der Waals surface area contributed by atoms with Crippen LogP contribution in [0.2, 0.25) is 0 Å². The Bertz CT molecular complexity index is 390. The highest BCUT2D eigenvalue weighted by Crippen LogP contribution is 2.43. The molecule has 1 fully saturated rings. The Balaban J connectivity index is 1.79. The van der Waals surface area contributed by atoms with Gasteiger partial charge in [-0.1, -0.05) is 13.3 Å². The van der Waals surface area contributed by atoms with Crippen molar-refractivity contribution in [3.8, 4) is 0 Å². The van der Waals surface area contributed by atoms with E-state index < -0.39 is 0 Å².